The predicted molar refractivity (Wildman–Crippen MR) is 50.1 cm³/mol. The number of benzene rings is 1. The summed E-state index contributed by atoms with van der Waals surface area (Å²) in [4.78, 5) is 0. The quantitative estimate of drug-likeness (QED) is 0.759. The molecule has 0 unspecified atom stereocenters. The molecule has 2 nitrogen and oxygen atoms in total. The van der Waals surface area contributed by atoms with Crippen LogP contribution in [0.3, 0.4) is 0 Å². The first-order valence-corrected chi connectivity index (χ1v) is 4.18. The van der Waals surface area contributed by atoms with Crippen molar-refractivity contribution >= 4 is 17.3 Å². The number of anilines is 1. The van der Waals surface area contributed by atoms with Crippen LogP contribution in [0.1, 0.15) is 6.42 Å². The third kappa shape index (κ3) is 2.60. The van der Waals surface area contributed by atoms with Crippen molar-refractivity contribution in [3.05, 3.63) is 29.0 Å². The van der Waals surface area contributed by atoms with E-state index >= 15 is 0 Å². The van der Waals surface area contributed by atoms with E-state index in [-0.39, 0.29) is 5.02 Å². The summed E-state index contributed by atoms with van der Waals surface area (Å²) in [6.07, 6.45) is 0.339. The molecule has 0 spiro atoms. The summed E-state index contributed by atoms with van der Waals surface area (Å²) in [6.45, 7) is 0.424. The predicted octanol–water partition coefficient (Wildman–Crippen LogP) is 2.80. The molecule has 0 aliphatic rings. The van der Waals surface area contributed by atoms with E-state index in [1.54, 1.807) is 12.1 Å². The maximum atomic E-state index is 13.2. The second-order valence-corrected chi connectivity index (χ2v) is 2.84. The van der Waals surface area contributed by atoms with Crippen LogP contribution in [0.2, 0.25) is 5.02 Å². The fourth-order valence-corrected chi connectivity index (χ4v) is 1.07. The van der Waals surface area contributed by atoms with E-state index in [2.05, 4.69) is 5.32 Å². The summed E-state index contributed by atoms with van der Waals surface area (Å²) < 4.78 is 13.2. The number of nitrogens with zero attached hydrogens (tertiary/aromatic N) is 1. The second kappa shape index (κ2) is 4.68. The Morgan fingerprint density at radius 3 is 3.00 bits per heavy atom. The molecular weight excluding hydrogens is 191 g/mol. The molecule has 68 valence electrons. The van der Waals surface area contributed by atoms with E-state index in [1.807, 2.05) is 6.07 Å². The summed E-state index contributed by atoms with van der Waals surface area (Å²) in [5.74, 6) is -0.470. The van der Waals surface area contributed by atoms with Gasteiger partial charge in [0.1, 0.15) is 0 Å². The first-order chi connectivity index (χ1) is 6.25. The number of hydrogen-bond acceptors (Lipinski definition) is 2. The van der Waals surface area contributed by atoms with Crippen molar-refractivity contribution in [2.45, 2.75) is 6.42 Å². The average Bonchev–Trinajstić information content (AvgIpc) is 2.13. The molecule has 0 amide bonds. The van der Waals surface area contributed by atoms with Gasteiger partial charge in [0.2, 0.25) is 0 Å². The van der Waals surface area contributed by atoms with Gasteiger partial charge in [-0.25, -0.2) is 4.39 Å². The van der Waals surface area contributed by atoms with E-state index in [0.717, 1.165) is 0 Å². The smallest absolute Gasteiger partial charge is 0.164 e. The van der Waals surface area contributed by atoms with Crippen molar-refractivity contribution in [2.24, 2.45) is 0 Å². The summed E-state index contributed by atoms with van der Waals surface area (Å²) in [5, 5.41) is 11.1. The first-order valence-electron chi connectivity index (χ1n) is 3.80. The highest BCUT2D eigenvalue weighted by Crippen LogP contribution is 2.21. The summed E-state index contributed by atoms with van der Waals surface area (Å²) >= 11 is 5.55. The van der Waals surface area contributed by atoms with Crippen LogP contribution in [-0.2, 0) is 0 Å². The lowest BCUT2D eigenvalue weighted by Crippen LogP contribution is -2.02. The standard InChI is InChI=1S/C9H8ClFN2/c10-7-3-1-4-8(9(7)11)13-6-2-5-12/h1,3-4,13H,2,6H2. The molecule has 0 aromatic heterocycles. The minimum absolute atomic E-state index is 0.0851. The number of hydrogen-bond donors (Lipinski definition) is 1. The van der Waals surface area contributed by atoms with Crippen LogP contribution in [-0.4, -0.2) is 6.54 Å². The molecule has 0 aliphatic carbocycles. The number of rotatable bonds is 3. The molecule has 0 saturated carbocycles. The molecule has 1 rings (SSSR count). The third-order valence-corrected chi connectivity index (χ3v) is 1.80. The Balaban J connectivity index is 2.67. The monoisotopic (exact) mass is 198 g/mol. The Labute approximate surface area is 80.9 Å². The van der Waals surface area contributed by atoms with Crippen molar-refractivity contribution in [1.29, 1.82) is 5.26 Å². The largest absolute Gasteiger partial charge is 0.382 e. The fourth-order valence-electron chi connectivity index (χ4n) is 0.893. The molecule has 13 heavy (non-hydrogen) atoms. The van der Waals surface area contributed by atoms with Gasteiger partial charge in [-0.3, -0.25) is 0 Å². The molecule has 0 heterocycles. The second-order valence-electron chi connectivity index (χ2n) is 2.44. The normalized spacial score (nSPS) is 9.31. The highest BCUT2D eigenvalue weighted by Gasteiger charge is 2.04. The van der Waals surface area contributed by atoms with Crippen molar-refractivity contribution in [3.8, 4) is 6.07 Å². The molecule has 0 aliphatic heterocycles. The van der Waals surface area contributed by atoms with Gasteiger partial charge in [0, 0.05) is 6.54 Å². The molecule has 0 radical (unpaired) electrons. The van der Waals surface area contributed by atoms with Gasteiger partial charge in [-0.05, 0) is 12.1 Å². The maximum Gasteiger partial charge on any atom is 0.164 e. The van der Waals surface area contributed by atoms with Gasteiger partial charge in [0.15, 0.2) is 5.82 Å². The topological polar surface area (TPSA) is 35.8 Å². The molecule has 1 N–H and O–H groups in total. The summed E-state index contributed by atoms with van der Waals surface area (Å²) in [7, 11) is 0. The van der Waals surface area contributed by atoms with Crippen molar-refractivity contribution in [3.63, 3.8) is 0 Å². The Kier molecular flexibility index (Phi) is 3.53. The number of halogens is 2. The van der Waals surface area contributed by atoms with Crippen LogP contribution in [0.4, 0.5) is 10.1 Å². The van der Waals surface area contributed by atoms with Crippen LogP contribution >= 0.6 is 11.6 Å². The highest BCUT2D eigenvalue weighted by atomic mass is 35.5. The van der Waals surface area contributed by atoms with E-state index in [0.29, 0.717) is 18.7 Å². The van der Waals surface area contributed by atoms with Gasteiger partial charge in [-0.15, -0.1) is 0 Å². The van der Waals surface area contributed by atoms with Crippen molar-refractivity contribution < 1.29 is 4.39 Å². The van der Waals surface area contributed by atoms with Crippen molar-refractivity contribution in [2.75, 3.05) is 11.9 Å². The Morgan fingerprint density at radius 2 is 2.31 bits per heavy atom. The lowest BCUT2D eigenvalue weighted by Gasteiger charge is -2.05. The van der Waals surface area contributed by atoms with E-state index < -0.39 is 5.82 Å². The number of nitriles is 1. The molecule has 0 atom stereocenters. The lowest BCUT2D eigenvalue weighted by molar-refractivity contribution is 0.630. The summed E-state index contributed by atoms with van der Waals surface area (Å²) in [5.41, 5.74) is 0.336. The van der Waals surface area contributed by atoms with Gasteiger partial charge >= 0.3 is 0 Å². The Bertz CT molecular complexity index is 333. The van der Waals surface area contributed by atoms with E-state index in [4.69, 9.17) is 16.9 Å². The van der Waals surface area contributed by atoms with Gasteiger partial charge < -0.3 is 5.32 Å². The molecule has 0 fully saturated rings. The third-order valence-electron chi connectivity index (χ3n) is 1.50. The summed E-state index contributed by atoms with van der Waals surface area (Å²) in [6, 6.07) is 6.67. The molecular formula is C9H8ClFN2. The Hall–Kier alpha value is -1.27. The molecule has 1 aromatic rings. The van der Waals surface area contributed by atoms with Crippen LogP contribution in [0.25, 0.3) is 0 Å². The van der Waals surface area contributed by atoms with E-state index in [1.165, 1.54) is 6.07 Å². The minimum atomic E-state index is -0.470. The van der Waals surface area contributed by atoms with Gasteiger partial charge in [0.25, 0.3) is 0 Å². The van der Waals surface area contributed by atoms with Crippen LogP contribution in [0.15, 0.2) is 18.2 Å². The minimum Gasteiger partial charge on any atom is -0.382 e. The van der Waals surface area contributed by atoms with E-state index in [9.17, 15) is 4.39 Å². The zero-order valence-electron chi connectivity index (χ0n) is 6.85. The van der Waals surface area contributed by atoms with Gasteiger partial charge in [-0.2, -0.15) is 5.26 Å². The average molecular weight is 199 g/mol. The maximum absolute atomic E-state index is 13.2. The zero-order chi connectivity index (χ0) is 9.68. The lowest BCUT2D eigenvalue weighted by atomic mass is 10.3. The fraction of sp³-hybridized carbons (Fsp3) is 0.222. The van der Waals surface area contributed by atoms with Crippen LogP contribution in [0.5, 0.6) is 0 Å². The van der Waals surface area contributed by atoms with Crippen molar-refractivity contribution in [1.82, 2.24) is 0 Å². The zero-order valence-corrected chi connectivity index (χ0v) is 7.61. The molecule has 1 aromatic carbocycles. The highest BCUT2D eigenvalue weighted by molar-refractivity contribution is 6.31. The molecule has 4 heteroatoms. The van der Waals surface area contributed by atoms with Crippen LogP contribution < -0.4 is 5.32 Å². The molecule has 0 bridgehead atoms. The van der Waals surface area contributed by atoms with Gasteiger partial charge in [0.05, 0.1) is 23.2 Å². The Morgan fingerprint density at radius 1 is 1.54 bits per heavy atom. The molecule has 0 saturated heterocycles. The first kappa shape index (κ1) is 9.82. The number of nitrogens with one attached hydrogen (secondary N) is 1. The van der Waals surface area contributed by atoms with Gasteiger partial charge in [-0.1, -0.05) is 17.7 Å². The SMILES string of the molecule is N#CCCNc1cccc(Cl)c1F. The van der Waals surface area contributed by atoms with Crippen LogP contribution in [0, 0.1) is 17.1 Å².